The number of morpholine rings is 1. The maximum Gasteiger partial charge on any atom is 0.416 e. The van der Waals surface area contributed by atoms with Gasteiger partial charge in [-0.3, -0.25) is 9.30 Å². The molecule has 1 aliphatic heterocycles. The summed E-state index contributed by atoms with van der Waals surface area (Å²) in [5, 5.41) is 0. The first kappa shape index (κ1) is 31.5. The Kier molecular flexibility index (Phi) is 10.7. The summed E-state index contributed by atoms with van der Waals surface area (Å²) in [7, 11) is 0. The molecule has 1 aliphatic rings. The van der Waals surface area contributed by atoms with Crippen LogP contribution < -0.4 is 4.74 Å². The summed E-state index contributed by atoms with van der Waals surface area (Å²) in [5.41, 5.74) is 4.98. The van der Waals surface area contributed by atoms with Crippen molar-refractivity contribution in [3.05, 3.63) is 108 Å². The molecule has 0 N–H and O–H groups in total. The van der Waals surface area contributed by atoms with Gasteiger partial charge in [-0.05, 0) is 30.5 Å². The van der Waals surface area contributed by atoms with Crippen molar-refractivity contribution in [1.29, 1.82) is 0 Å². The van der Waals surface area contributed by atoms with Crippen molar-refractivity contribution >= 4 is 11.7 Å². The van der Waals surface area contributed by atoms with Crippen molar-refractivity contribution in [3.8, 4) is 17.1 Å². The van der Waals surface area contributed by atoms with Gasteiger partial charge in [-0.2, -0.15) is 0 Å². The third-order valence-corrected chi connectivity index (χ3v) is 8.39. The van der Waals surface area contributed by atoms with Crippen molar-refractivity contribution < 1.29 is 18.7 Å². The number of hydrogen-bond donors (Lipinski definition) is 0. The lowest BCUT2D eigenvalue weighted by atomic mass is 10.1. The second kappa shape index (κ2) is 15.7. The molecule has 3 aromatic heterocycles. The van der Waals surface area contributed by atoms with Crippen LogP contribution in [-0.4, -0.2) is 76.2 Å². The first-order chi connectivity index (χ1) is 22.7. The number of imidazole rings is 1. The summed E-state index contributed by atoms with van der Waals surface area (Å²) >= 11 is 0. The highest BCUT2D eigenvalue weighted by Gasteiger charge is 2.25. The third kappa shape index (κ3) is 8.02. The van der Waals surface area contributed by atoms with Gasteiger partial charge in [-0.15, -0.1) is 0 Å². The highest BCUT2D eigenvalue weighted by molar-refractivity contribution is 5.72. The van der Waals surface area contributed by atoms with Gasteiger partial charge in [0, 0.05) is 50.9 Å². The minimum Gasteiger partial charge on any atom is -0.469 e. The van der Waals surface area contributed by atoms with Crippen LogP contribution in [0.15, 0.2) is 89.7 Å². The molecule has 0 bridgehead atoms. The number of ether oxygens (including phenoxy) is 2. The van der Waals surface area contributed by atoms with E-state index in [1.165, 1.54) is 0 Å². The number of aromatic nitrogens is 3. The van der Waals surface area contributed by atoms with Crippen LogP contribution in [0.2, 0.25) is 0 Å². The van der Waals surface area contributed by atoms with Crippen molar-refractivity contribution in [2.45, 2.75) is 45.4 Å². The molecular weight excluding hydrogens is 578 g/mol. The van der Waals surface area contributed by atoms with E-state index >= 15 is 0 Å². The lowest BCUT2D eigenvalue weighted by molar-refractivity contribution is 0.0361. The number of furan rings is 1. The fraction of sp³-hybridized carbons (Fsp3) is 0.378. The molecule has 240 valence electrons. The molecule has 1 amide bonds. The number of rotatable bonds is 14. The minimum absolute atomic E-state index is 0.358. The van der Waals surface area contributed by atoms with Crippen molar-refractivity contribution in [2.24, 2.45) is 0 Å². The second-order valence-corrected chi connectivity index (χ2v) is 11.8. The minimum atomic E-state index is -0.358. The van der Waals surface area contributed by atoms with E-state index in [1.807, 2.05) is 76.2 Å². The molecule has 1 saturated heterocycles. The van der Waals surface area contributed by atoms with Crippen LogP contribution in [0.5, 0.6) is 5.88 Å². The fourth-order valence-electron chi connectivity index (χ4n) is 5.90. The first-order valence-electron chi connectivity index (χ1n) is 16.5. The van der Waals surface area contributed by atoms with Gasteiger partial charge in [0.1, 0.15) is 11.5 Å². The Hall–Kier alpha value is -4.47. The van der Waals surface area contributed by atoms with Gasteiger partial charge in [-0.1, -0.05) is 80.4 Å². The number of hydrogen-bond acceptors (Lipinski definition) is 7. The molecule has 9 heteroatoms. The van der Waals surface area contributed by atoms with Crippen molar-refractivity contribution in [1.82, 2.24) is 24.2 Å². The van der Waals surface area contributed by atoms with Crippen molar-refractivity contribution in [3.63, 3.8) is 0 Å². The second-order valence-electron chi connectivity index (χ2n) is 11.8. The molecule has 0 spiro atoms. The van der Waals surface area contributed by atoms with Crippen LogP contribution in [0.25, 0.3) is 16.9 Å². The molecule has 0 saturated carbocycles. The van der Waals surface area contributed by atoms with Crippen LogP contribution in [0, 0.1) is 0 Å². The van der Waals surface area contributed by atoms with E-state index in [0.717, 1.165) is 86.8 Å². The number of nitrogens with zero attached hydrogens (tertiary/aromatic N) is 5. The van der Waals surface area contributed by atoms with Crippen LogP contribution >= 0.6 is 0 Å². The van der Waals surface area contributed by atoms with Crippen molar-refractivity contribution in [2.75, 3.05) is 45.9 Å². The fourth-order valence-corrected chi connectivity index (χ4v) is 5.90. The quantitative estimate of drug-likeness (QED) is 0.125. The maximum absolute atomic E-state index is 14.0. The van der Waals surface area contributed by atoms with E-state index in [4.69, 9.17) is 23.9 Å². The summed E-state index contributed by atoms with van der Waals surface area (Å²) in [6.45, 7) is 7.77. The zero-order valence-corrected chi connectivity index (χ0v) is 26.6. The summed E-state index contributed by atoms with van der Waals surface area (Å²) in [5.74, 6) is 1.14. The lowest BCUT2D eigenvalue weighted by Gasteiger charge is -2.28. The molecule has 0 atom stereocenters. The summed E-state index contributed by atoms with van der Waals surface area (Å²) in [6, 6.07) is 24.1. The Morgan fingerprint density at radius 2 is 1.63 bits per heavy atom. The van der Waals surface area contributed by atoms with E-state index in [-0.39, 0.29) is 6.09 Å². The number of benzene rings is 2. The van der Waals surface area contributed by atoms with E-state index < -0.39 is 0 Å². The SMILES string of the molecule is CCCCCN(CCCN1CCOCC1)C(=O)Oc1c(Cc2ccco2)nc2c(Cc3ccccc3)nc(-c3ccccc3)cn12. The number of unbranched alkanes of at least 4 members (excludes halogenated alkanes) is 2. The lowest BCUT2D eigenvalue weighted by Crippen LogP contribution is -2.40. The molecule has 6 rings (SSSR count). The van der Waals surface area contributed by atoms with Gasteiger partial charge in [-0.25, -0.2) is 14.8 Å². The Balaban J connectivity index is 1.36. The largest absolute Gasteiger partial charge is 0.469 e. The molecule has 2 aromatic carbocycles. The molecule has 9 nitrogen and oxygen atoms in total. The zero-order chi connectivity index (χ0) is 31.6. The third-order valence-electron chi connectivity index (χ3n) is 8.39. The monoisotopic (exact) mass is 621 g/mol. The average molecular weight is 622 g/mol. The molecule has 5 aromatic rings. The van der Waals surface area contributed by atoms with Gasteiger partial charge in [0.15, 0.2) is 5.65 Å². The first-order valence-corrected chi connectivity index (χ1v) is 16.5. The Morgan fingerprint density at radius 1 is 0.870 bits per heavy atom. The Bertz CT molecular complexity index is 1660. The number of amides is 1. The highest BCUT2D eigenvalue weighted by Crippen LogP contribution is 2.30. The van der Waals surface area contributed by atoms with Crippen LogP contribution in [0.3, 0.4) is 0 Å². The normalized spacial score (nSPS) is 13.7. The molecule has 0 unspecified atom stereocenters. The summed E-state index contributed by atoms with van der Waals surface area (Å²) < 4.78 is 19.5. The van der Waals surface area contributed by atoms with Gasteiger partial charge in [0.25, 0.3) is 0 Å². The van der Waals surface area contributed by atoms with Gasteiger partial charge in [0.2, 0.25) is 5.88 Å². The number of fused-ring (bicyclic) bond motifs is 1. The van der Waals surface area contributed by atoms with Crippen LogP contribution in [0.4, 0.5) is 4.79 Å². The molecule has 4 heterocycles. The van der Waals surface area contributed by atoms with Gasteiger partial charge < -0.3 is 18.8 Å². The number of carbonyl (C=O) groups excluding carboxylic acids is 1. The van der Waals surface area contributed by atoms with Crippen LogP contribution in [0.1, 0.15) is 55.3 Å². The predicted molar refractivity (Wildman–Crippen MR) is 178 cm³/mol. The highest BCUT2D eigenvalue weighted by atomic mass is 16.6. The van der Waals surface area contributed by atoms with Crippen LogP contribution in [-0.2, 0) is 17.6 Å². The standard InChI is InChI=1S/C37H43N5O4/c1-2-3-10-19-41(20-12-18-40-21-24-44-25-22-40)37(43)46-36-33(27-31-17-11-23-45-31)39-35-32(26-29-13-6-4-7-14-29)38-34(28-42(35)36)30-15-8-5-9-16-30/h4-9,11,13-17,23,28H,2-3,10,12,18-22,24-27H2,1H3. The van der Waals surface area contributed by atoms with E-state index in [1.54, 1.807) is 6.26 Å². The Labute approximate surface area is 270 Å². The van der Waals surface area contributed by atoms with E-state index in [0.29, 0.717) is 43.2 Å². The maximum atomic E-state index is 14.0. The molecule has 0 radical (unpaired) electrons. The number of carbonyl (C=O) groups is 1. The van der Waals surface area contributed by atoms with Gasteiger partial charge >= 0.3 is 6.09 Å². The predicted octanol–water partition coefficient (Wildman–Crippen LogP) is 6.88. The smallest absolute Gasteiger partial charge is 0.416 e. The molecule has 1 fully saturated rings. The van der Waals surface area contributed by atoms with Gasteiger partial charge in [0.05, 0.1) is 37.3 Å². The Morgan fingerprint density at radius 3 is 2.37 bits per heavy atom. The topological polar surface area (TPSA) is 85.3 Å². The summed E-state index contributed by atoms with van der Waals surface area (Å²) in [6.07, 6.45) is 8.13. The summed E-state index contributed by atoms with van der Waals surface area (Å²) in [4.78, 5) is 28.4. The molecular formula is C37H43N5O4. The zero-order valence-electron chi connectivity index (χ0n) is 26.6. The molecule has 0 aliphatic carbocycles. The van der Waals surface area contributed by atoms with E-state index in [9.17, 15) is 4.79 Å². The molecule has 46 heavy (non-hydrogen) atoms. The van der Waals surface area contributed by atoms with E-state index in [2.05, 4.69) is 24.0 Å². The average Bonchev–Trinajstić information content (AvgIpc) is 3.73.